The lowest BCUT2D eigenvalue weighted by Crippen LogP contribution is -2.30. The predicted octanol–water partition coefficient (Wildman–Crippen LogP) is 5.50. The number of nitrogens with one attached hydrogen (secondary N) is 1. The van der Waals surface area contributed by atoms with E-state index >= 15 is 0 Å². The number of imidazole rings is 1. The number of hydrogen-bond donors (Lipinski definition) is 1. The molecule has 5 heteroatoms. The van der Waals surface area contributed by atoms with Gasteiger partial charge in [0.25, 0.3) is 0 Å². The molecule has 2 aliphatic rings. The monoisotopic (exact) mass is 386 g/mol. The van der Waals surface area contributed by atoms with Crippen LogP contribution < -0.4 is 5.69 Å². The Labute approximate surface area is 165 Å². The molecule has 2 aromatic rings. The van der Waals surface area contributed by atoms with Gasteiger partial charge in [0.05, 0.1) is 17.1 Å². The molecule has 1 fully saturated rings. The van der Waals surface area contributed by atoms with Gasteiger partial charge in [0.2, 0.25) is 0 Å². The van der Waals surface area contributed by atoms with Crippen LogP contribution in [0.15, 0.2) is 34.6 Å². The van der Waals surface area contributed by atoms with Crippen LogP contribution in [0.4, 0.5) is 4.39 Å². The highest BCUT2D eigenvalue weighted by atomic mass is 19.1. The predicted molar refractivity (Wildman–Crippen MR) is 110 cm³/mol. The molecule has 152 valence electrons. The molecule has 0 amide bonds. The summed E-state index contributed by atoms with van der Waals surface area (Å²) in [4.78, 5) is 15.4. The molecule has 0 spiro atoms. The zero-order valence-electron chi connectivity index (χ0n) is 17.0. The Bertz CT molecular complexity index is 918. The van der Waals surface area contributed by atoms with Crippen molar-refractivity contribution < 1.29 is 9.13 Å². The first-order valence-corrected chi connectivity index (χ1v) is 10.7. The molecular formula is C23H31FN2O2. The molecular weight excluding hydrogens is 355 g/mol. The molecule has 4 nitrogen and oxygen atoms in total. The summed E-state index contributed by atoms with van der Waals surface area (Å²) in [5.41, 5.74) is 3.06. The van der Waals surface area contributed by atoms with Gasteiger partial charge in [0, 0.05) is 12.6 Å². The van der Waals surface area contributed by atoms with E-state index in [0.717, 1.165) is 45.1 Å². The van der Waals surface area contributed by atoms with Gasteiger partial charge >= 0.3 is 5.69 Å². The molecule has 1 N–H and O–H groups in total. The van der Waals surface area contributed by atoms with Gasteiger partial charge < -0.3 is 9.72 Å². The van der Waals surface area contributed by atoms with Gasteiger partial charge in [-0.2, -0.15) is 0 Å². The van der Waals surface area contributed by atoms with Crippen molar-refractivity contribution in [3.63, 3.8) is 0 Å². The molecule has 1 aromatic carbocycles. The van der Waals surface area contributed by atoms with E-state index in [4.69, 9.17) is 4.74 Å². The second-order valence-electron chi connectivity index (χ2n) is 8.68. The second-order valence-corrected chi connectivity index (χ2v) is 8.68. The molecule has 0 saturated heterocycles. The molecule has 1 aromatic heterocycles. The SMILES string of the molecule is CCOC1CCC(C)(C2=CCCC(n3c(=O)[nH]c4ccc(F)cc43)CC2)CC1. The Balaban J connectivity index is 1.50. The maximum absolute atomic E-state index is 13.8. The normalized spacial score (nSPS) is 28.9. The zero-order chi connectivity index (χ0) is 19.7. The number of hydrogen-bond acceptors (Lipinski definition) is 2. The standard InChI is InChI=1S/C23H31FN2O2/c1-3-28-19-11-13-23(2,14-12-19)16-5-4-6-18(9-7-16)26-21-15-17(24)8-10-20(21)25-22(26)27/h5,8,10,15,18-19H,3-4,6-7,9,11-14H2,1-2H3,(H,25,27). The van der Waals surface area contributed by atoms with E-state index < -0.39 is 0 Å². The molecule has 1 heterocycles. The highest BCUT2D eigenvalue weighted by Crippen LogP contribution is 2.46. The van der Waals surface area contributed by atoms with Crippen LogP contribution in [0.3, 0.4) is 0 Å². The van der Waals surface area contributed by atoms with Crippen LogP contribution in [0.25, 0.3) is 11.0 Å². The van der Waals surface area contributed by atoms with E-state index in [9.17, 15) is 9.18 Å². The van der Waals surface area contributed by atoms with E-state index in [2.05, 4.69) is 24.9 Å². The van der Waals surface area contributed by atoms with Crippen LogP contribution in [-0.2, 0) is 4.74 Å². The van der Waals surface area contributed by atoms with Crippen molar-refractivity contribution in [3.05, 3.63) is 46.1 Å². The van der Waals surface area contributed by atoms with Crippen LogP contribution in [0, 0.1) is 11.2 Å². The minimum Gasteiger partial charge on any atom is -0.379 e. The number of fused-ring (bicyclic) bond motifs is 1. The number of aromatic amines is 1. The Morgan fingerprint density at radius 3 is 2.79 bits per heavy atom. The number of rotatable bonds is 4. The molecule has 4 rings (SSSR count). The lowest BCUT2D eigenvalue weighted by atomic mass is 9.68. The Kier molecular flexibility index (Phi) is 5.46. The third-order valence-corrected chi connectivity index (χ3v) is 6.90. The second kappa shape index (κ2) is 7.86. The number of nitrogens with zero attached hydrogens (tertiary/aromatic N) is 1. The van der Waals surface area contributed by atoms with E-state index in [-0.39, 0.29) is 23.0 Å². The quantitative estimate of drug-likeness (QED) is 0.706. The van der Waals surface area contributed by atoms with Crippen LogP contribution in [0.2, 0.25) is 0 Å². The fraction of sp³-hybridized carbons (Fsp3) is 0.609. The zero-order valence-corrected chi connectivity index (χ0v) is 17.0. The fourth-order valence-corrected chi connectivity index (χ4v) is 5.23. The fourth-order valence-electron chi connectivity index (χ4n) is 5.23. The number of halogens is 1. The van der Waals surface area contributed by atoms with Gasteiger partial charge in [-0.15, -0.1) is 0 Å². The van der Waals surface area contributed by atoms with Crippen molar-refractivity contribution >= 4 is 11.0 Å². The van der Waals surface area contributed by atoms with Crippen LogP contribution in [0.1, 0.15) is 71.3 Å². The first kappa shape index (κ1) is 19.4. The highest BCUT2D eigenvalue weighted by molar-refractivity contribution is 5.75. The maximum atomic E-state index is 13.8. The van der Waals surface area contributed by atoms with Crippen molar-refractivity contribution in [1.82, 2.24) is 9.55 Å². The number of benzene rings is 1. The van der Waals surface area contributed by atoms with Crippen molar-refractivity contribution in [3.8, 4) is 0 Å². The van der Waals surface area contributed by atoms with Crippen molar-refractivity contribution in [2.75, 3.05) is 6.61 Å². The summed E-state index contributed by atoms with van der Waals surface area (Å²) in [6.07, 6.45) is 11.3. The minimum atomic E-state index is -0.300. The maximum Gasteiger partial charge on any atom is 0.326 e. The van der Waals surface area contributed by atoms with Crippen LogP contribution in [-0.4, -0.2) is 22.3 Å². The third kappa shape index (κ3) is 3.69. The summed E-state index contributed by atoms with van der Waals surface area (Å²) in [5, 5.41) is 0. The van der Waals surface area contributed by atoms with Crippen LogP contribution >= 0.6 is 0 Å². The summed E-state index contributed by atoms with van der Waals surface area (Å²) in [5.74, 6) is -0.300. The van der Waals surface area contributed by atoms with Gasteiger partial charge in [-0.3, -0.25) is 4.57 Å². The first-order chi connectivity index (χ1) is 13.5. The highest BCUT2D eigenvalue weighted by Gasteiger charge is 2.35. The van der Waals surface area contributed by atoms with E-state index in [1.54, 1.807) is 16.2 Å². The minimum absolute atomic E-state index is 0.111. The summed E-state index contributed by atoms with van der Waals surface area (Å²) in [6.45, 7) is 5.26. The average molecular weight is 387 g/mol. The van der Waals surface area contributed by atoms with Gasteiger partial charge in [0.15, 0.2) is 0 Å². The smallest absolute Gasteiger partial charge is 0.326 e. The van der Waals surface area contributed by atoms with Gasteiger partial charge in [-0.1, -0.05) is 18.6 Å². The first-order valence-electron chi connectivity index (χ1n) is 10.7. The number of aromatic nitrogens is 2. The molecule has 1 atom stereocenters. The summed E-state index contributed by atoms with van der Waals surface area (Å²) < 4.78 is 21.4. The number of ether oxygens (including phenoxy) is 1. The van der Waals surface area contributed by atoms with Gasteiger partial charge in [-0.05, 0) is 81.9 Å². The average Bonchev–Trinajstić information content (AvgIpc) is 2.83. The Hall–Kier alpha value is -1.88. The lowest BCUT2D eigenvalue weighted by Gasteiger charge is -2.39. The summed E-state index contributed by atoms with van der Waals surface area (Å²) in [7, 11) is 0. The Morgan fingerprint density at radius 2 is 2.04 bits per heavy atom. The summed E-state index contributed by atoms with van der Waals surface area (Å²) in [6, 6.07) is 4.64. The number of H-pyrrole nitrogens is 1. The topological polar surface area (TPSA) is 47.0 Å². The van der Waals surface area contributed by atoms with Gasteiger partial charge in [-0.25, -0.2) is 9.18 Å². The van der Waals surface area contributed by atoms with E-state index in [0.29, 0.717) is 17.1 Å². The number of allylic oxidation sites excluding steroid dienone is 2. The molecule has 2 aliphatic carbocycles. The van der Waals surface area contributed by atoms with Gasteiger partial charge in [0.1, 0.15) is 5.82 Å². The molecule has 0 bridgehead atoms. The van der Waals surface area contributed by atoms with E-state index in [1.807, 2.05) is 0 Å². The molecule has 1 saturated carbocycles. The molecule has 0 radical (unpaired) electrons. The van der Waals surface area contributed by atoms with Crippen molar-refractivity contribution in [2.24, 2.45) is 5.41 Å². The Morgan fingerprint density at radius 1 is 1.25 bits per heavy atom. The van der Waals surface area contributed by atoms with Crippen molar-refractivity contribution in [1.29, 1.82) is 0 Å². The molecule has 28 heavy (non-hydrogen) atoms. The molecule has 0 aliphatic heterocycles. The van der Waals surface area contributed by atoms with E-state index in [1.165, 1.54) is 25.0 Å². The van der Waals surface area contributed by atoms with Crippen molar-refractivity contribution in [2.45, 2.75) is 77.4 Å². The van der Waals surface area contributed by atoms with Crippen LogP contribution in [0.5, 0.6) is 0 Å². The third-order valence-electron chi connectivity index (χ3n) is 6.90. The summed E-state index contributed by atoms with van der Waals surface area (Å²) >= 11 is 0. The molecule has 1 unspecified atom stereocenters. The largest absolute Gasteiger partial charge is 0.379 e. The lowest BCUT2D eigenvalue weighted by molar-refractivity contribution is 0.0139.